The molecular formula is C6H9N3. The third-order valence-electron chi connectivity index (χ3n) is 1.67. The first-order valence-corrected chi connectivity index (χ1v) is 3.14. The van der Waals surface area contributed by atoms with Crippen LogP contribution in [0.3, 0.4) is 0 Å². The average Bonchev–Trinajstić information content (AvgIpc) is 2.35. The second kappa shape index (κ2) is 1.50. The summed E-state index contributed by atoms with van der Waals surface area (Å²) in [6.07, 6.45) is 1.89. The second-order valence-corrected chi connectivity index (χ2v) is 2.30. The number of hydrogen-bond acceptors (Lipinski definition) is 2. The van der Waals surface area contributed by atoms with Crippen LogP contribution in [0.1, 0.15) is 5.69 Å². The number of aromatic nitrogens is 2. The Morgan fingerprint density at radius 2 is 2.67 bits per heavy atom. The largest absolute Gasteiger partial charge is 0.354 e. The van der Waals surface area contributed by atoms with Crippen LogP contribution in [-0.2, 0) is 6.54 Å². The highest BCUT2D eigenvalue weighted by Gasteiger charge is 2.10. The van der Waals surface area contributed by atoms with E-state index in [0.29, 0.717) is 0 Å². The van der Waals surface area contributed by atoms with E-state index in [-0.39, 0.29) is 0 Å². The fraction of sp³-hybridized carbons (Fsp3) is 0.500. The maximum atomic E-state index is 4.15. The summed E-state index contributed by atoms with van der Waals surface area (Å²) in [5, 5.41) is 3.17. The molecule has 1 aromatic rings. The molecular weight excluding hydrogens is 114 g/mol. The predicted octanol–water partition coefficient (Wildman–Crippen LogP) is 0.617. The number of imidazole rings is 1. The van der Waals surface area contributed by atoms with Gasteiger partial charge in [-0.1, -0.05) is 0 Å². The van der Waals surface area contributed by atoms with E-state index in [1.807, 2.05) is 6.20 Å². The molecule has 9 heavy (non-hydrogen) atoms. The van der Waals surface area contributed by atoms with Gasteiger partial charge in [0.1, 0.15) is 0 Å². The smallest absolute Gasteiger partial charge is 0.203 e. The van der Waals surface area contributed by atoms with E-state index in [4.69, 9.17) is 0 Å². The van der Waals surface area contributed by atoms with Gasteiger partial charge in [0.05, 0.1) is 6.20 Å². The minimum Gasteiger partial charge on any atom is -0.354 e. The normalized spacial score (nSPS) is 15.2. The van der Waals surface area contributed by atoms with Crippen molar-refractivity contribution in [2.24, 2.45) is 0 Å². The molecule has 0 aliphatic carbocycles. The standard InChI is InChI=1S/C6H9N3/c1-5-4-8-6-7-2-3-9(5)6/h4H,2-3H2,1H3,(H,7,8). The van der Waals surface area contributed by atoms with Gasteiger partial charge in [-0.2, -0.15) is 0 Å². The van der Waals surface area contributed by atoms with Crippen LogP contribution in [0.4, 0.5) is 5.95 Å². The fourth-order valence-electron chi connectivity index (χ4n) is 1.16. The Balaban J connectivity index is 2.56. The number of aryl methyl sites for hydroxylation is 1. The first kappa shape index (κ1) is 4.85. The SMILES string of the molecule is Cc1cnc2n1CCN2. The minimum atomic E-state index is 1.02. The van der Waals surface area contributed by atoms with Crippen LogP contribution in [0.2, 0.25) is 0 Å². The monoisotopic (exact) mass is 123 g/mol. The average molecular weight is 123 g/mol. The summed E-state index contributed by atoms with van der Waals surface area (Å²) in [7, 11) is 0. The number of nitrogens with zero attached hydrogens (tertiary/aromatic N) is 2. The molecule has 1 aromatic heterocycles. The van der Waals surface area contributed by atoms with Crippen molar-refractivity contribution in [3.63, 3.8) is 0 Å². The molecule has 0 spiro atoms. The lowest BCUT2D eigenvalue weighted by Crippen LogP contribution is -1.95. The number of hydrogen-bond donors (Lipinski definition) is 1. The molecule has 0 atom stereocenters. The lowest BCUT2D eigenvalue weighted by Gasteiger charge is -1.93. The third-order valence-corrected chi connectivity index (χ3v) is 1.67. The summed E-state index contributed by atoms with van der Waals surface area (Å²) >= 11 is 0. The molecule has 0 radical (unpaired) electrons. The van der Waals surface area contributed by atoms with Crippen molar-refractivity contribution in [1.82, 2.24) is 9.55 Å². The van der Waals surface area contributed by atoms with Crippen molar-refractivity contribution in [1.29, 1.82) is 0 Å². The maximum Gasteiger partial charge on any atom is 0.203 e. The summed E-state index contributed by atoms with van der Waals surface area (Å²) in [4.78, 5) is 4.15. The molecule has 0 saturated carbocycles. The highest BCUT2D eigenvalue weighted by molar-refractivity contribution is 5.32. The van der Waals surface area contributed by atoms with Crippen LogP contribution >= 0.6 is 0 Å². The van der Waals surface area contributed by atoms with Crippen LogP contribution < -0.4 is 5.32 Å². The van der Waals surface area contributed by atoms with Gasteiger partial charge >= 0.3 is 0 Å². The van der Waals surface area contributed by atoms with Crippen LogP contribution in [-0.4, -0.2) is 16.1 Å². The molecule has 3 nitrogen and oxygen atoms in total. The molecule has 0 fully saturated rings. The van der Waals surface area contributed by atoms with Gasteiger partial charge in [-0.25, -0.2) is 4.98 Å². The van der Waals surface area contributed by atoms with E-state index >= 15 is 0 Å². The van der Waals surface area contributed by atoms with E-state index in [0.717, 1.165) is 19.0 Å². The summed E-state index contributed by atoms with van der Waals surface area (Å²) < 4.78 is 2.18. The predicted molar refractivity (Wildman–Crippen MR) is 35.5 cm³/mol. The van der Waals surface area contributed by atoms with E-state index < -0.39 is 0 Å². The van der Waals surface area contributed by atoms with E-state index in [1.165, 1.54) is 5.69 Å². The Kier molecular flexibility index (Phi) is 0.806. The molecule has 2 rings (SSSR count). The van der Waals surface area contributed by atoms with Crippen molar-refractivity contribution >= 4 is 5.95 Å². The summed E-state index contributed by atoms with van der Waals surface area (Å²) in [5.74, 6) is 1.02. The van der Waals surface area contributed by atoms with Crippen LogP contribution in [0, 0.1) is 6.92 Å². The fourth-order valence-corrected chi connectivity index (χ4v) is 1.16. The molecule has 0 saturated heterocycles. The Morgan fingerprint density at radius 1 is 1.78 bits per heavy atom. The van der Waals surface area contributed by atoms with E-state index in [9.17, 15) is 0 Å². The maximum absolute atomic E-state index is 4.15. The Labute approximate surface area is 53.7 Å². The third kappa shape index (κ3) is 0.542. The van der Waals surface area contributed by atoms with Gasteiger partial charge in [0.25, 0.3) is 0 Å². The van der Waals surface area contributed by atoms with Crippen molar-refractivity contribution in [3.05, 3.63) is 11.9 Å². The molecule has 0 bridgehead atoms. The van der Waals surface area contributed by atoms with Gasteiger partial charge in [0.2, 0.25) is 5.95 Å². The highest BCUT2D eigenvalue weighted by Crippen LogP contribution is 2.13. The topological polar surface area (TPSA) is 29.9 Å². The molecule has 0 amide bonds. The van der Waals surface area contributed by atoms with Crippen LogP contribution in [0.15, 0.2) is 6.20 Å². The second-order valence-electron chi connectivity index (χ2n) is 2.30. The summed E-state index contributed by atoms with van der Waals surface area (Å²) in [5.41, 5.74) is 1.25. The van der Waals surface area contributed by atoms with E-state index in [2.05, 4.69) is 21.8 Å². The van der Waals surface area contributed by atoms with Crippen molar-refractivity contribution in [2.45, 2.75) is 13.5 Å². The molecule has 1 aliphatic rings. The highest BCUT2D eigenvalue weighted by atomic mass is 15.3. The molecule has 2 heterocycles. The lowest BCUT2D eigenvalue weighted by atomic mass is 10.5. The van der Waals surface area contributed by atoms with Gasteiger partial charge in [-0.3, -0.25) is 0 Å². The van der Waals surface area contributed by atoms with Gasteiger partial charge in [0, 0.05) is 18.8 Å². The van der Waals surface area contributed by atoms with Crippen molar-refractivity contribution in [2.75, 3.05) is 11.9 Å². The quantitative estimate of drug-likeness (QED) is 0.548. The minimum absolute atomic E-state index is 1.02. The molecule has 3 heteroatoms. The first-order valence-electron chi connectivity index (χ1n) is 3.14. The molecule has 0 aromatic carbocycles. The van der Waals surface area contributed by atoms with Crippen LogP contribution in [0.5, 0.6) is 0 Å². The molecule has 0 unspecified atom stereocenters. The zero-order valence-corrected chi connectivity index (χ0v) is 5.39. The zero-order chi connectivity index (χ0) is 6.27. The Bertz CT molecular complexity index is 226. The Morgan fingerprint density at radius 3 is 3.44 bits per heavy atom. The Hall–Kier alpha value is -0.990. The number of nitrogens with one attached hydrogen (secondary N) is 1. The van der Waals surface area contributed by atoms with Gasteiger partial charge in [-0.15, -0.1) is 0 Å². The number of fused-ring (bicyclic) bond motifs is 1. The first-order chi connectivity index (χ1) is 4.38. The van der Waals surface area contributed by atoms with E-state index in [1.54, 1.807) is 0 Å². The number of anilines is 1. The van der Waals surface area contributed by atoms with Crippen molar-refractivity contribution in [3.8, 4) is 0 Å². The zero-order valence-electron chi connectivity index (χ0n) is 5.39. The summed E-state index contributed by atoms with van der Waals surface area (Å²) in [6.45, 7) is 4.18. The summed E-state index contributed by atoms with van der Waals surface area (Å²) in [6, 6.07) is 0. The molecule has 1 aliphatic heterocycles. The van der Waals surface area contributed by atoms with Gasteiger partial charge in [0.15, 0.2) is 0 Å². The number of rotatable bonds is 0. The van der Waals surface area contributed by atoms with Gasteiger partial charge < -0.3 is 9.88 Å². The van der Waals surface area contributed by atoms with Crippen LogP contribution in [0.25, 0.3) is 0 Å². The molecule has 1 N–H and O–H groups in total. The van der Waals surface area contributed by atoms with Gasteiger partial charge in [-0.05, 0) is 6.92 Å². The van der Waals surface area contributed by atoms with Crippen molar-refractivity contribution < 1.29 is 0 Å². The molecule has 48 valence electrons. The lowest BCUT2D eigenvalue weighted by molar-refractivity contribution is 0.782.